The Bertz CT molecular complexity index is 1120. The Labute approximate surface area is 188 Å². The summed E-state index contributed by atoms with van der Waals surface area (Å²) in [5.41, 5.74) is 5.00. The highest BCUT2D eigenvalue weighted by Crippen LogP contribution is 2.27. The van der Waals surface area contributed by atoms with Gasteiger partial charge in [0.1, 0.15) is 11.8 Å². The zero-order valence-electron chi connectivity index (χ0n) is 18.9. The van der Waals surface area contributed by atoms with Crippen LogP contribution in [0.25, 0.3) is 10.8 Å². The summed E-state index contributed by atoms with van der Waals surface area (Å²) in [5, 5.41) is 8.91. The van der Waals surface area contributed by atoms with Crippen molar-refractivity contribution in [1.82, 2.24) is 10.7 Å². The molecular weight excluding hydrogens is 402 g/mol. The minimum Gasteiger partial charge on any atom is -0.493 e. The van der Waals surface area contributed by atoms with E-state index in [1.807, 2.05) is 76.2 Å². The van der Waals surface area contributed by atoms with Crippen LogP contribution in [0.3, 0.4) is 0 Å². The molecule has 32 heavy (non-hydrogen) atoms. The topological polar surface area (TPSA) is 79.8 Å². The van der Waals surface area contributed by atoms with Crippen molar-refractivity contribution >= 4 is 28.8 Å². The fourth-order valence-corrected chi connectivity index (χ4v) is 3.39. The second-order valence-corrected chi connectivity index (χ2v) is 7.93. The molecule has 0 aromatic heterocycles. The van der Waals surface area contributed by atoms with E-state index >= 15 is 0 Å². The number of nitrogens with zero attached hydrogens (tertiary/aromatic N) is 1. The van der Waals surface area contributed by atoms with Gasteiger partial charge in [0, 0.05) is 16.5 Å². The van der Waals surface area contributed by atoms with Gasteiger partial charge in [-0.1, -0.05) is 55.8 Å². The van der Waals surface area contributed by atoms with Crippen LogP contribution in [-0.2, 0) is 4.79 Å². The quantitative estimate of drug-likeness (QED) is 0.408. The van der Waals surface area contributed by atoms with E-state index in [9.17, 15) is 9.59 Å². The molecule has 6 heteroatoms. The average Bonchev–Trinajstić information content (AvgIpc) is 2.79. The summed E-state index contributed by atoms with van der Waals surface area (Å²) in [6.45, 7) is 8.24. The van der Waals surface area contributed by atoms with Crippen molar-refractivity contribution in [2.24, 2.45) is 11.0 Å². The minimum atomic E-state index is -0.710. The van der Waals surface area contributed by atoms with Crippen LogP contribution < -0.4 is 15.5 Å². The average molecular weight is 432 g/mol. The number of hydrogen-bond donors (Lipinski definition) is 2. The molecule has 1 atom stereocenters. The van der Waals surface area contributed by atoms with Gasteiger partial charge in [-0.15, -0.1) is 0 Å². The number of aryl methyl sites for hydroxylation is 1. The molecule has 0 aliphatic carbocycles. The third-order valence-corrected chi connectivity index (χ3v) is 5.15. The van der Waals surface area contributed by atoms with Crippen LogP contribution in [0.5, 0.6) is 5.75 Å². The summed E-state index contributed by atoms with van der Waals surface area (Å²) in [6, 6.07) is 18.2. The maximum Gasteiger partial charge on any atom is 0.262 e. The van der Waals surface area contributed by atoms with Crippen molar-refractivity contribution in [2.45, 2.75) is 33.7 Å². The molecule has 0 saturated heterocycles. The summed E-state index contributed by atoms with van der Waals surface area (Å²) in [7, 11) is 0. The fourth-order valence-electron chi connectivity index (χ4n) is 3.39. The molecule has 0 aliphatic rings. The maximum atomic E-state index is 12.7. The molecule has 0 aliphatic heterocycles. The Morgan fingerprint density at radius 2 is 1.69 bits per heavy atom. The summed E-state index contributed by atoms with van der Waals surface area (Å²) in [4.78, 5) is 25.3. The monoisotopic (exact) mass is 431 g/mol. The molecule has 2 amide bonds. The third kappa shape index (κ3) is 5.52. The number of hydrazone groups is 1. The van der Waals surface area contributed by atoms with Crippen molar-refractivity contribution in [2.75, 3.05) is 6.61 Å². The molecule has 6 nitrogen and oxygen atoms in total. The zero-order chi connectivity index (χ0) is 23.1. The van der Waals surface area contributed by atoms with Crippen molar-refractivity contribution in [1.29, 1.82) is 0 Å². The van der Waals surface area contributed by atoms with Gasteiger partial charge >= 0.3 is 0 Å². The first-order valence-corrected chi connectivity index (χ1v) is 10.8. The van der Waals surface area contributed by atoms with E-state index in [0.717, 1.165) is 27.6 Å². The maximum absolute atomic E-state index is 12.7. The van der Waals surface area contributed by atoms with Crippen LogP contribution in [-0.4, -0.2) is 30.7 Å². The van der Waals surface area contributed by atoms with Crippen LogP contribution >= 0.6 is 0 Å². The summed E-state index contributed by atoms with van der Waals surface area (Å²) in [5.74, 6) is 0.0428. The zero-order valence-corrected chi connectivity index (χ0v) is 18.9. The van der Waals surface area contributed by atoms with Gasteiger partial charge in [-0.25, -0.2) is 5.43 Å². The molecule has 0 spiro atoms. The first-order chi connectivity index (χ1) is 15.4. The van der Waals surface area contributed by atoms with Gasteiger partial charge in [0.2, 0.25) is 0 Å². The summed E-state index contributed by atoms with van der Waals surface area (Å²) >= 11 is 0. The Balaban J connectivity index is 1.72. The normalized spacial score (nSPS) is 12.2. The molecule has 1 unspecified atom stereocenters. The largest absolute Gasteiger partial charge is 0.493 e. The molecule has 3 aromatic carbocycles. The lowest BCUT2D eigenvalue weighted by Crippen LogP contribution is -2.48. The Morgan fingerprint density at radius 3 is 2.34 bits per heavy atom. The lowest BCUT2D eigenvalue weighted by molar-refractivity contribution is -0.123. The van der Waals surface area contributed by atoms with E-state index in [1.54, 1.807) is 18.3 Å². The van der Waals surface area contributed by atoms with E-state index < -0.39 is 6.04 Å². The van der Waals surface area contributed by atoms with Crippen LogP contribution in [0.2, 0.25) is 0 Å². The van der Waals surface area contributed by atoms with Crippen LogP contribution in [0, 0.1) is 12.8 Å². The van der Waals surface area contributed by atoms with Crippen molar-refractivity contribution in [3.05, 3.63) is 77.4 Å². The number of hydrogen-bond acceptors (Lipinski definition) is 4. The third-order valence-electron chi connectivity index (χ3n) is 5.15. The summed E-state index contributed by atoms with van der Waals surface area (Å²) < 4.78 is 5.70. The van der Waals surface area contributed by atoms with E-state index in [2.05, 4.69) is 15.8 Å². The summed E-state index contributed by atoms with van der Waals surface area (Å²) in [6.07, 6.45) is 1.61. The van der Waals surface area contributed by atoms with Crippen molar-refractivity contribution < 1.29 is 14.3 Å². The predicted molar refractivity (Wildman–Crippen MR) is 128 cm³/mol. The molecule has 0 fully saturated rings. The first kappa shape index (κ1) is 23.0. The van der Waals surface area contributed by atoms with Crippen molar-refractivity contribution in [3.8, 4) is 5.75 Å². The second kappa shape index (κ2) is 10.6. The van der Waals surface area contributed by atoms with E-state index in [0.29, 0.717) is 12.2 Å². The predicted octanol–water partition coefficient (Wildman–Crippen LogP) is 4.45. The Kier molecular flexibility index (Phi) is 7.60. The van der Waals surface area contributed by atoms with Gasteiger partial charge < -0.3 is 10.1 Å². The van der Waals surface area contributed by atoms with Gasteiger partial charge in [-0.3, -0.25) is 9.59 Å². The van der Waals surface area contributed by atoms with Gasteiger partial charge in [-0.2, -0.15) is 5.10 Å². The second-order valence-electron chi connectivity index (χ2n) is 7.93. The number of carbonyl (C=O) groups excluding carboxylic acids is 2. The molecule has 3 rings (SSSR count). The highest BCUT2D eigenvalue weighted by Gasteiger charge is 2.24. The molecular formula is C26H29N3O3. The van der Waals surface area contributed by atoms with Crippen LogP contribution in [0.1, 0.15) is 42.3 Å². The highest BCUT2D eigenvalue weighted by atomic mass is 16.5. The molecule has 3 aromatic rings. The van der Waals surface area contributed by atoms with E-state index in [-0.39, 0.29) is 17.7 Å². The highest BCUT2D eigenvalue weighted by molar-refractivity contribution is 6.03. The number of benzene rings is 3. The Hall–Kier alpha value is -3.67. The number of ether oxygens (including phenoxy) is 1. The SMILES string of the molecule is CCOc1ccc(C=NNC(=O)C(NC(=O)c2ccc(C)cc2)C(C)C)c2ccccc12. The van der Waals surface area contributed by atoms with Crippen LogP contribution in [0.4, 0.5) is 0 Å². The minimum absolute atomic E-state index is 0.106. The number of carbonyl (C=O) groups is 2. The van der Waals surface area contributed by atoms with Crippen LogP contribution in [0.15, 0.2) is 65.8 Å². The standard InChI is InChI=1S/C26H29N3O3/c1-5-32-23-15-14-20(21-8-6-7-9-22(21)23)16-27-29-26(31)24(17(2)3)28-25(30)19-12-10-18(4)11-13-19/h6-17,24H,5H2,1-4H3,(H,28,30)(H,29,31). The van der Waals surface area contributed by atoms with Gasteiger partial charge in [0.15, 0.2) is 0 Å². The lowest BCUT2D eigenvalue weighted by Gasteiger charge is -2.20. The number of amides is 2. The van der Waals surface area contributed by atoms with E-state index in [1.165, 1.54) is 0 Å². The number of fused-ring (bicyclic) bond motifs is 1. The van der Waals surface area contributed by atoms with E-state index in [4.69, 9.17) is 4.74 Å². The molecule has 0 saturated carbocycles. The number of rotatable bonds is 8. The molecule has 2 N–H and O–H groups in total. The number of nitrogens with one attached hydrogen (secondary N) is 2. The molecule has 166 valence electrons. The van der Waals surface area contributed by atoms with Gasteiger partial charge in [0.05, 0.1) is 12.8 Å². The molecule has 0 radical (unpaired) electrons. The fraction of sp³-hybridized carbons (Fsp3) is 0.269. The van der Waals surface area contributed by atoms with Gasteiger partial charge in [0.25, 0.3) is 11.8 Å². The van der Waals surface area contributed by atoms with Gasteiger partial charge in [-0.05, 0) is 49.4 Å². The van der Waals surface area contributed by atoms with Crippen molar-refractivity contribution in [3.63, 3.8) is 0 Å². The Morgan fingerprint density at radius 1 is 1.00 bits per heavy atom. The molecule has 0 bridgehead atoms. The smallest absolute Gasteiger partial charge is 0.262 e. The molecule has 0 heterocycles. The first-order valence-electron chi connectivity index (χ1n) is 10.8. The lowest BCUT2D eigenvalue weighted by atomic mass is 10.0.